The fourth-order valence-electron chi connectivity index (χ4n) is 1.79. The molecule has 0 bridgehead atoms. The molecule has 1 heterocycles. The molecule has 0 N–H and O–H groups in total. The predicted molar refractivity (Wildman–Crippen MR) is 67.3 cm³/mol. The minimum absolute atomic E-state index is 0.570. The highest BCUT2D eigenvalue weighted by molar-refractivity contribution is 5.39. The fourth-order valence-corrected chi connectivity index (χ4v) is 1.79. The third kappa shape index (κ3) is 2.61. The molecule has 0 fully saturated rings. The van der Waals surface area contributed by atoms with E-state index in [1.54, 1.807) is 4.68 Å². The van der Waals surface area contributed by atoms with Gasteiger partial charge in [-0.05, 0) is 28.5 Å². The molecule has 1 aromatic carbocycles. The Bertz CT molecular complexity index is 463. The summed E-state index contributed by atoms with van der Waals surface area (Å²) >= 11 is 0. The van der Waals surface area contributed by atoms with Gasteiger partial charge in [0, 0.05) is 13.6 Å². The molecule has 90 valence electrons. The maximum Gasteiger partial charge on any atom is 0.250 e. The van der Waals surface area contributed by atoms with Crippen LogP contribution in [0.5, 0.6) is 0 Å². The minimum atomic E-state index is 0.570. The predicted octanol–water partition coefficient (Wildman–Crippen LogP) is 1.75. The smallest absolute Gasteiger partial charge is 0.250 e. The molecule has 2 rings (SSSR count). The Morgan fingerprint density at radius 2 is 1.94 bits per heavy atom. The molecule has 0 saturated carbocycles. The first kappa shape index (κ1) is 11.6. The second-order valence-corrected chi connectivity index (χ2v) is 4.50. The molecule has 5 heteroatoms. The van der Waals surface area contributed by atoms with Crippen molar-refractivity contribution in [1.82, 2.24) is 20.2 Å². The molecular formula is C12H17N5. The molecule has 0 unspecified atom stereocenters. The molecule has 2 aromatic rings. The van der Waals surface area contributed by atoms with Crippen molar-refractivity contribution < 1.29 is 0 Å². The average Bonchev–Trinajstić information content (AvgIpc) is 2.78. The molecule has 0 spiro atoms. The largest absolute Gasteiger partial charge is 0.342 e. The van der Waals surface area contributed by atoms with Crippen molar-refractivity contribution in [3.05, 3.63) is 30.3 Å². The van der Waals surface area contributed by atoms with E-state index in [1.165, 1.54) is 0 Å². The van der Waals surface area contributed by atoms with Gasteiger partial charge in [-0.25, -0.2) is 0 Å². The van der Waals surface area contributed by atoms with E-state index in [-0.39, 0.29) is 0 Å². The van der Waals surface area contributed by atoms with Crippen LogP contribution < -0.4 is 4.90 Å². The van der Waals surface area contributed by atoms with Crippen molar-refractivity contribution in [1.29, 1.82) is 0 Å². The topological polar surface area (TPSA) is 46.8 Å². The summed E-state index contributed by atoms with van der Waals surface area (Å²) in [5.74, 6) is 1.34. The highest BCUT2D eigenvalue weighted by Gasteiger charge is 2.13. The molecule has 17 heavy (non-hydrogen) atoms. The Hall–Kier alpha value is -1.91. The number of hydrogen-bond acceptors (Lipinski definition) is 4. The van der Waals surface area contributed by atoms with Gasteiger partial charge in [0.1, 0.15) is 0 Å². The zero-order chi connectivity index (χ0) is 12.3. The normalized spacial score (nSPS) is 10.8. The second-order valence-electron chi connectivity index (χ2n) is 4.50. The standard InChI is InChI=1S/C12H17N5/c1-10(2)9-16(3)12-13-14-15-17(12)11-7-5-4-6-8-11/h4-8,10H,9H2,1-3H3. The first-order valence-corrected chi connectivity index (χ1v) is 5.73. The lowest BCUT2D eigenvalue weighted by Crippen LogP contribution is -2.25. The van der Waals surface area contributed by atoms with E-state index < -0.39 is 0 Å². The Morgan fingerprint density at radius 3 is 2.59 bits per heavy atom. The van der Waals surface area contributed by atoms with Crippen molar-refractivity contribution in [2.75, 3.05) is 18.5 Å². The van der Waals surface area contributed by atoms with Crippen LogP contribution in [0.15, 0.2) is 30.3 Å². The van der Waals surface area contributed by atoms with E-state index in [9.17, 15) is 0 Å². The average molecular weight is 231 g/mol. The molecule has 5 nitrogen and oxygen atoms in total. The van der Waals surface area contributed by atoms with Crippen LogP contribution in [0.2, 0.25) is 0 Å². The van der Waals surface area contributed by atoms with Crippen molar-refractivity contribution in [2.24, 2.45) is 5.92 Å². The van der Waals surface area contributed by atoms with Crippen molar-refractivity contribution in [2.45, 2.75) is 13.8 Å². The maximum absolute atomic E-state index is 4.07. The van der Waals surface area contributed by atoms with E-state index in [0.717, 1.165) is 18.2 Å². The molecule has 0 saturated heterocycles. The molecule has 0 amide bonds. The van der Waals surface area contributed by atoms with E-state index >= 15 is 0 Å². The minimum Gasteiger partial charge on any atom is -0.342 e. The second kappa shape index (κ2) is 4.95. The van der Waals surface area contributed by atoms with Crippen LogP contribution >= 0.6 is 0 Å². The summed E-state index contributed by atoms with van der Waals surface area (Å²) in [6, 6.07) is 9.91. The van der Waals surface area contributed by atoms with Crippen LogP contribution in [0.3, 0.4) is 0 Å². The van der Waals surface area contributed by atoms with Gasteiger partial charge in [-0.3, -0.25) is 0 Å². The van der Waals surface area contributed by atoms with Gasteiger partial charge in [-0.2, -0.15) is 4.68 Å². The molecule has 0 aliphatic heterocycles. The van der Waals surface area contributed by atoms with Crippen molar-refractivity contribution in [3.8, 4) is 5.69 Å². The van der Waals surface area contributed by atoms with Crippen LogP contribution in [0.4, 0.5) is 5.95 Å². The fraction of sp³-hybridized carbons (Fsp3) is 0.417. The summed E-state index contributed by atoms with van der Waals surface area (Å²) in [5.41, 5.74) is 0.975. The summed E-state index contributed by atoms with van der Waals surface area (Å²) in [5, 5.41) is 11.9. The number of hydrogen-bond donors (Lipinski definition) is 0. The van der Waals surface area contributed by atoms with Crippen LogP contribution in [-0.2, 0) is 0 Å². The zero-order valence-corrected chi connectivity index (χ0v) is 10.4. The maximum atomic E-state index is 4.07. The lowest BCUT2D eigenvalue weighted by Gasteiger charge is -2.19. The quantitative estimate of drug-likeness (QED) is 0.804. The van der Waals surface area contributed by atoms with Gasteiger partial charge in [0.05, 0.1) is 5.69 Å². The lowest BCUT2D eigenvalue weighted by molar-refractivity contribution is 0.624. The van der Waals surface area contributed by atoms with Crippen LogP contribution in [0, 0.1) is 5.92 Å². The van der Waals surface area contributed by atoms with Gasteiger partial charge < -0.3 is 4.90 Å². The summed E-state index contributed by atoms with van der Waals surface area (Å²) < 4.78 is 1.75. The Morgan fingerprint density at radius 1 is 1.24 bits per heavy atom. The molecule has 0 aliphatic rings. The molecular weight excluding hydrogens is 214 g/mol. The lowest BCUT2D eigenvalue weighted by atomic mass is 10.2. The van der Waals surface area contributed by atoms with Gasteiger partial charge >= 0.3 is 0 Å². The number of aromatic nitrogens is 4. The molecule has 0 radical (unpaired) electrons. The number of rotatable bonds is 4. The van der Waals surface area contributed by atoms with Crippen LogP contribution in [-0.4, -0.2) is 33.8 Å². The van der Waals surface area contributed by atoms with Crippen molar-refractivity contribution >= 4 is 5.95 Å². The third-order valence-electron chi connectivity index (χ3n) is 2.43. The Balaban J connectivity index is 2.29. The Kier molecular flexibility index (Phi) is 3.37. The van der Waals surface area contributed by atoms with Crippen LogP contribution in [0.1, 0.15) is 13.8 Å². The third-order valence-corrected chi connectivity index (χ3v) is 2.43. The monoisotopic (exact) mass is 231 g/mol. The summed E-state index contributed by atoms with van der Waals surface area (Å²) in [4.78, 5) is 2.07. The number of nitrogens with zero attached hydrogens (tertiary/aromatic N) is 5. The van der Waals surface area contributed by atoms with Crippen LogP contribution in [0.25, 0.3) is 5.69 Å². The van der Waals surface area contributed by atoms with E-state index in [1.807, 2.05) is 37.4 Å². The Labute approximate surface area is 101 Å². The molecule has 0 aliphatic carbocycles. The van der Waals surface area contributed by atoms with Gasteiger partial charge in [0.2, 0.25) is 5.95 Å². The highest BCUT2D eigenvalue weighted by Crippen LogP contribution is 2.14. The number of tetrazole rings is 1. The molecule has 1 aromatic heterocycles. The summed E-state index contributed by atoms with van der Waals surface area (Å²) in [6.07, 6.45) is 0. The van der Waals surface area contributed by atoms with Gasteiger partial charge in [0.25, 0.3) is 0 Å². The van der Waals surface area contributed by atoms with Gasteiger partial charge in [-0.15, -0.1) is 0 Å². The van der Waals surface area contributed by atoms with E-state index in [0.29, 0.717) is 5.92 Å². The van der Waals surface area contributed by atoms with E-state index in [4.69, 9.17) is 0 Å². The van der Waals surface area contributed by atoms with Gasteiger partial charge in [-0.1, -0.05) is 37.1 Å². The van der Waals surface area contributed by atoms with Gasteiger partial charge in [0.15, 0.2) is 0 Å². The molecule has 0 atom stereocenters. The van der Waals surface area contributed by atoms with E-state index in [2.05, 4.69) is 34.3 Å². The number of para-hydroxylation sites is 1. The highest BCUT2D eigenvalue weighted by atomic mass is 15.6. The van der Waals surface area contributed by atoms with Crippen molar-refractivity contribution in [3.63, 3.8) is 0 Å². The SMILES string of the molecule is CC(C)CN(C)c1nnnn1-c1ccccc1. The number of benzene rings is 1. The first-order chi connectivity index (χ1) is 8.18. The number of anilines is 1. The summed E-state index contributed by atoms with van der Waals surface area (Å²) in [7, 11) is 2.01. The summed E-state index contributed by atoms with van der Waals surface area (Å²) in [6.45, 7) is 5.27. The first-order valence-electron chi connectivity index (χ1n) is 5.73. The zero-order valence-electron chi connectivity index (χ0n) is 10.4.